The van der Waals surface area contributed by atoms with Gasteiger partial charge in [-0.05, 0) is 142 Å². The number of likely N-dealkylation sites (N-methyl/N-ethyl adjacent to an activating group) is 1. The molecule has 0 heterocycles. The van der Waals surface area contributed by atoms with Crippen LogP contribution in [0, 0.1) is 5.92 Å². The Morgan fingerprint density at radius 3 is 2.18 bits per heavy atom. The number of hydrogen-bond donors (Lipinski definition) is 1. The summed E-state index contributed by atoms with van der Waals surface area (Å²) in [5.41, 5.74) is 1.12. The number of aldehydes is 1. The molecule has 1 N–H and O–H groups in total. The number of nitrogens with one attached hydrogen (secondary N) is 1. The van der Waals surface area contributed by atoms with E-state index in [9.17, 15) is 4.79 Å². The average molecular weight is 718 g/mol. The zero-order valence-corrected chi connectivity index (χ0v) is 31.6. The predicted octanol–water partition coefficient (Wildman–Crippen LogP) is 10.7. The van der Waals surface area contributed by atoms with Crippen LogP contribution in [0.3, 0.4) is 0 Å². The summed E-state index contributed by atoms with van der Waals surface area (Å²) in [5, 5.41) is 5.33. The van der Waals surface area contributed by atoms with E-state index in [1.807, 2.05) is 82.5 Å². The first-order valence-corrected chi connectivity index (χ1v) is 18.9. The summed E-state index contributed by atoms with van der Waals surface area (Å²) < 4.78 is 44.0. The van der Waals surface area contributed by atoms with Crippen LogP contribution in [0.5, 0.6) is 17.2 Å². The van der Waals surface area contributed by atoms with Crippen molar-refractivity contribution in [3.63, 3.8) is 0 Å². The third-order valence-electron chi connectivity index (χ3n) is 9.47. The Labute approximate surface area is 307 Å². The molecule has 4 aromatic rings. The van der Waals surface area contributed by atoms with Crippen LogP contribution < -0.4 is 14.8 Å². The molecule has 4 aromatic carbocycles. The second-order valence-corrected chi connectivity index (χ2v) is 14.1. The fraction of sp³-hybridized carbons (Fsp3) is 0.429. The molecular formula is C42H53F2N3O3S. The number of fused-ring (bicyclic) bond motifs is 1. The number of hydrogen-bond acceptors (Lipinski definition) is 7. The average Bonchev–Trinajstić information content (AvgIpc) is 3.67. The molecule has 51 heavy (non-hydrogen) atoms. The van der Waals surface area contributed by atoms with Gasteiger partial charge in [0.15, 0.2) is 0 Å². The summed E-state index contributed by atoms with van der Waals surface area (Å²) in [5.74, 6) is -0.692. The number of halogens is 2. The molecule has 0 amide bonds. The highest BCUT2D eigenvalue weighted by molar-refractivity contribution is 7.97. The molecule has 2 saturated carbocycles. The predicted molar refractivity (Wildman–Crippen MR) is 208 cm³/mol. The van der Waals surface area contributed by atoms with Crippen LogP contribution in [0.4, 0.5) is 8.78 Å². The van der Waals surface area contributed by atoms with Gasteiger partial charge in [0.2, 0.25) is 0 Å². The second kappa shape index (κ2) is 19.7. The first kappa shape index (κ1) is 40.0. The Morgan fingerprint density at radius 1 is 0.902 bits per heavy atom. The number of rotatable bonds is 11. The lowest BCUT2D eigenvalue weighted by Crippen LogP contribution is -2.42. The zero-order valence-electron chi connectivity index (χ0n) is 30.8. The van der Waals surface area contributed by atoms with Crippen molar-refractivity contribution in [1.29, 1.82) is 0 Å². The highest BCUT2D eigenvalue weighted by atomic mass is 32.2. The van der Waals surface area contributed by atoms with Crippen LogP contribution in [0.15, 0.2) is 101 Å². The van der Waals surface area contributed by atoms with E-state index in [-0.39, 0.29) is 11.7 Å². The Bertz CT molecular complexity index is 1680. The Balaban J connectivity index is 0.000000381. The molecule has 2 aliphatic carbocycles. The van der Waals surface area contributed by atoms with E-state index in [1.165, 1.54) is 67.0 Å². The Morgan fingerprint density at radius 2 is 1.53 bits per heavy atom. The molecule has 0 bridgehead atoms. The topological polar surface area (TPSA) is 63.2 Å². The van der Waals surface area contributed by atoms with Crippen LogP contribution in [-0.4, -0.2) is 55.6 Å². The van der Waals surface area contributed by atoms with Gasteiger partial charge in [-0.1, -0.05) is 51.1 Å². The molecular weight excluding hydrogens is 665 g/mol. The van der Waals surface area contributed by atoms with Gasteiger partial charge in [-0.15, -0.1) is 0 Å². The number of carbonyl (C=O) groups excluding carboxylic acids is 1. The van der Waals surface area contributed by atoms with Gasteiger partial charge in [0.25, 0.3) is 5.92 Å². The van der Waals surface area contributed by atoms with Crippen molar-refractivity contribution in [2.24, 2.45) is 10.9 Å². The second-order valence-electron chi connectivity index (χ2n) is 12.9. The molecule has 274 valence electrons. The van der Waals surface area contributed by atoms with Crippen molar-refractivity contribution in [2.45, 2.75) is 94.7 Å². The molecule has 3 atom stereocenters. The van der Waals surface area contributed by atoms with Crippen molar-refractivity contribution >= 4 is 34.7 Å². The number of ether oxygens (including phenoxy) is 2. The number of aliphatic imine (C=N–C) groups is 1. The molecule has 9 heteroatoms. The van der Waals surface area contributed by atoms with Crippen LogP contribution in [0.25, 0.3) is 10.8 Å². The highest BCUT2D eigenvalue weighted by Gasteiger charge is 2.44. The Hall–Kier alpha value is -3.79. The van der Waals surface area contributed by atoms with E-state index < -0.39 is 12.0 Å². The number of carbonyl (C=O) groups is 1. The summed E-state index contributed by atoms with van der Waals surface area (Å²) in [7, 11) is 5.45. The quantitative estimate of drug-likeness (QED) is 0.123. The standard InChI is InChI=1S/C31H29F2NO3S.C9H18N2.C2H6/c1-34(38-29-18-12-22-19-28(15-11-23(22)20-29)37-26-9-5-6-10-26)30(21-35)31(32,33)24-13-16-27(17-14-24)36-25-7-3-2-4-8-25;1-7-4-5-8(10-2)6-9(7)11-3;1-2/h2-4,7-8,11-21,26,30H,5-6,9-10H2,1H3;7,9,11H,4-6H2,1-3H3;1-2H3. The van der Waals surface area contributed by atoms with Crippen molar-refractivity contribution in [3.05, 3.63) is 96.6 Å². The number of alkyl halides is 2. The van der Waals surface area contributed by atoms with Gasteiger partial charge in [-0.2, -0.15) is 8.78 Å². The van der Waals surface area contributed by atoms with E-state index in [0.717, 1.165) is 58.5 Å². The molecule has 6 nitrogen and oxygen atoms in total. The lowest BCUT2D eigenvalue weighted by molar-refractivity contribution is -0.124. The van der Waals surface area contributed by atoms with Crippen LogP contribution in [-0.2, 0) is 10.7 Å². The largest absolute Gasteiger partial charge is 0.490 e. The molecule has 0 spiro atoms. The van der Waals surface area contributed by atoms with E-state index in [4.69, 9.17) is 9.47 Å². The first-order valence-electron chi connectivity index (χ1n) is 18.1. The lowest BCUT2D eigenvalue weighted by atomic mass is 9.85. The molecule has 0 radical (unpaired) electrons. The molecule has 0 saturated heterocycles. The van der Waals surface area contributed by atoms with E-state index in [0.29, 0.717) is 23.8 Å². The van der Waals surface area contributed by atoms with Gasteiger partial charge < -0.3 is 19.6 Å². The van der Waals surface area contributed by atoms with Gasteiger partial charge in [-0.25, -0.2) is 4.31 Å². The normalized spacial score (nSPS) is 19.1. The van der Waals surface area contributed by atoms with Crippen molar-refractivity contribution in [3.8, 4) is 17.2 Å². The summed E-state index contributed by atoms with van der Waals surface area (Å²) in [6.45, 7) is 6.31. The molecule has 2 fully saturated rings. The number of para-hydroxylation sites is 1. The Kier molecular flexibility index (Phi) is 15.5. The maximum Gasteiger partial charge on any atom is 0.296 e. The summed E-state index contributed by atoms with van der Waals surface area (Å²) in [6.07, 6.45) is 8.83. The molecule has 2 aliphatic rings. The van der Waals surface area contributed by atoms with Crippen molar-refractivity contribution in [1.82, 2.24) is 9.62 Å². The number of nitrogens with zero attached hydrogens (tertiary/aromatic N) is 2. The SMILES string of the molecule is CC.CN(Sc1ccc2cc(OC3CCCC3)ccc2c1)C(C=O)C(F)(F)c1ccc(Oc2ccccc2)cc1.CN=C1CCC(C)C(NC)C1. The van der Waals surface area contributed by atoms with Gasteiger partial charge in [0.1, 0.15) is 29.6 Å². The minimum atomic E-state index is -3.40. The summed E-state index contributed by atoms with van der Waals surface area (Å²) in [4.78, 5) is 16.9. The van der Waals surface area contributed by atoms with Crippen LogP contribution >= 0.6 is 11.9 Å². The number of benzene rings is 4. The molecule has 0 aliphatic heterocycles. The minimum absolute atomic E-state index is 0.254. The third-order valence-corrected chi connectivity index (χ3v) is 10.4. The third kappa shape index (κ3) is 11.1. The first-order chi connectivity index (χ1) is 24.7. The zero-order chi connectivity index (χ0) is 36.8. The van der Waals surface area contributed by atoms with Gasteiger partial charge in [0, 0.05) is 35.7 Å². The van der Waals surface area contributed by atoms with Crippen LogP contribution in [0.2, 0.25) is 0 Å². The van der Waals surface area contributed by atoms with Gasteiger partial charge >= 0.3 is 0 Å². The molecule has 0 aromatic heterocycles. The van der Waals surface area contributed by atoms with E-state index >= 15 is 8.78 Å². The lowest BCUT2D eigenvalue weighted by Gasteiger charge is -2.30. The maximum atomic E-state index is 15.5. The van der Waals surface area contributed by atoms with Crippen LogP contribution in [0.1, 0.15) is 71.3 Å². The molecule has 3 unspecified atom stereocenters. The van der Waals surface area contributed by atoms with Crippen molar-refractivity contribution in [2.75, 3.05) is 21.1 Å². The summed E-state index contributed by atoms with van der Waals surface area (Å²) >= 11 is 1.11. The van der Waals surface area contributed by atoms with Crippen molar-refractivity contribution < 1.29 is 23.0 Å². The fourth-order valence-electron chi connectivity index (χ4n) is 6.44. The summed E-state index contributed by atoms with van der Waals surface area (Å²) in [6, 6.07) is 25.4. The maximum absolute atomic E-state index is 15.5. The minimum Gasteiger partial charge on any atom is -0.490 e. The van der Waals surface area contributed by atoms with Gasteiger partial charge in [-0.3, -0.25) is 4.99 Å². The van der Waals surface area contributed by atoms with E-state index in [2.05, 4.69) is 17.2 Å². The highest BCUT2D eigenvalue weighted by Crippen LogP contribution is 2.39. The fourth-order valence-corrected chi connectivity index (χ4v) is 7.37. The van der Waals surface area contributed by atoms with E-state index in [1.54, 1.807) is 12.1 Å². The van der Waals surface area contributed by atoms with Gasteiger partial charge in [0.05, 0.1) is 6.10 Å². The smallest absolute Gasteiger partial charge is 0.296 e. The molecule has 6 rings (SSSR count). The monoisotopic (exact) mass is 717 g/mol.